The summed E-state index contributed by atoms with van der Waals surface area (Å²) >= 11 is 1.61. The van der Waals surface area contributed by atoms with Gasteiger partial charge in [0.05, 0.1) is 24.0 Å². The van der Waals surface area contributed by atoms with Crippen LogP contribution < -0.4 is 10.9 Å². The fourth-order valence-electron chi connectivity index (χ4n) is 4.79. The molecule has 5 rings (SSSR count). The predicted octanol–water partition coefficient (Wildman–Crippen LogP) is 3.15. The normalized spacial score (nSPS) is 21.0. The molecule has 3 aliphatic rings. The SMILES string of the molecule is O=C(Nc1nc2c(s1)CCCC2)N1CCCC1Cn1nc2c(cc1=O)CCCC2. The lowest BCUT2D eigenvalue weighted by Gasteiger charge is -2.25. The summed E-state index contributed by atoms with van der Waals surface area (Å²) in [6.45, 7) is 1.18. The number of likely N-dealkylation sites (tertiary alicyclic amines) is 1. The van der Waals surface area contributed by atoms with E-state index in [2.05, 4.69) is 15.4 Å². The van der Waals surface area contributed by atoms with Crippen molar-refractivity contribution in [1.82, 2.24) is 19.7 Å². The molecule has 1 N–H and O–H groups in total. The average molecular weight is 414 g/mol. The van der Waals surface area contributed by atoms with Gasteiger partial charge in [0.1, 0.15) is 0 Å². The van der Waals surface area contributed by atoms with Crippen LogP contribution in [0, 0.1) is 0 Å². The van der Waals surface area contributed by atoms with E-state index in [1.807, 2.05) is 4.90 Å². The lowest BCUT2D eigenvalue weighted by Crippen LogP contribution is -2.43. The largest absolute Gasteiger partial charge is 0.323 e. The Morgan fingerprint density at radius 2 is 1.90 bits per heavy atom. The topological polar surface area (TPSA) is 80.1 Å². The molecule has 2 aromatic heterocycles. The molecule has 3 heterocycles. The van der Waals surface area contributed by atoms with Crippen LogP contribution in [0.1, 0.15) is 60.4 Å². The van der Waals surface area contributed by atoms with E-state index in [4.69, 9.17) is 0 Å². The zero-order valence-corrected chi connectivity index (χ0v) is 17.5. The quantitative estimate of drug-likeness (QED) is 0.838. The molecule has 0 bridgehead atoms. The highest BCUT2D eigenvalue weighted by Gasteiger charge is 2.30. The number of fused-ring (bicyclic) bond motifs is 2. The number of rotatable bonds is 3. The third-order valence-corrected chi connectivity index (χ3v) is 7.43. The summed E-state index contributed by atoms with van der Waals surface area (Å²) < 4.78 is 1.57. The number of hydrogen-bond donors (Lipinski definition) is 1. The maximum Gasteiger partial charge on any atom is 0.323 e. The van der Waals surface area contributed by atoms with Gasteiger partial charge in [0.25, 0.3) is 5.56 Å². The van der Waals surface area contributed by atoms with E-state index in [1.165, 1.54) is 17.7 Å². The number of carbonyl (C=O) groups is 1. The Bertz CT molecular complexity index is 958. The van der Waals surface area contributed by atoms with Gasteiger partial charge >= 0.3 is 6.03 Å². The van der Waals surface area contributed by atoms with Crippen LogP contribution in [0.15, 0.2) is 10.9 Å². The fourth-order valence-corrected chi connectivity index (χ4v) is 5.83. The Morgan fingerprint density at radius 3 is 2.76 bits per heavy atom. The van der Waals surface area contributed by atoms with Crippen LogP contribution in [-0.4, -0.2) is 38.3 Å². The highest BCUT2D eigenvalue weighted by Crippen LogP contribution is 2.30. The summed E-state index contributed by atoms with van der Waals surface area (Å²) in [6, 6.07) is 1.64. The van der Waals surface area contributed by atoms with Crippen LogP contribution in [0.3, 0.4) is 0 Å². The second-order valence-electron chi connectivity index (χ2n) is 8.36. The Morgan fingerprint density at radius 1 is 1.10 bits per heavy atom. The molecule has 2 amide bonds. The van der Waals surface area contributed by atoms with Crippen molar-refractivity contribution in [3.8, 4) is 0 Å². The first kappa shape index (κ1) is 18.8. The van der Waals surface area contributed by atoms with E-state index < -0.39 is 0 Å². The lowest BCUT2D eigenvalue weighted by molar-refractivity contribution is 0.198. The van der Waals surface area contributed by atoms with E-state index >= 15 is 0 Å². The minimum absolute atomic E-state index is 0.00331. The molecule has 0 saturated carbocycles. The van der Waals surface area contributed by atoms with Gasteiger partial charge in [-0.2, -0.15) is 5.10 Å². The van der Waals surface area contributed by atoms with Crippen molar-refractivity contribution in [2.45, 2.75) is 76.8 Å². The number of aryl methyl sites for hydroxylation is 4. The average Bonchev–Trinajstić information content (AvgIpc) is 3.34. The number of hydrogen-bond acceptors (Lipinski definition) is 5. The van der Waals surface area contributed by atoms with E-state index in [9.17, 15) is 9.59 Å². The molecule has 2 aliphatic carbocycles. The number of aromatic nitrogens is 3. The molecule has 0 radical (unpaired) electrons. The second-order valence-corrected chi connectivity index (χ2v) is 9.44. The zero-order valence-electron chi connectivity index (χ0n) is 16.7. The molecule has 1 fully saturated rings. The van der Waals surface area contributed by atoms with E-state index in [0.717, 1.165) is 68.3 Å². The molecule has 0 spiro atoms. The van der Waals surface area contributed by atoms with Gasteiger partial charge in [0.2, 0.25) is 0 Å². The van der Waals surface area contributed by atoms with Crippen molar-refractivity contribution in [2.24, 2.45) is 0 Å². The number of thiazole rings is 1. The minimum Gasteiger partial charge on any atom is -0.320 e. The van der Waals surface area contributed by atoms with E-state index in [-0.39, 0.29) is 17.6 Å². The summed E-state index contributed by atoms with van der Waals surface area (Å²) in [4.78, 5) is 33.2. The molecule has 8 heteroatoms. The van der Waals surface area contributed by atoms with Gasteiger partial charge in [-0.25, -0.2) is 14.5 Å². The van der Waals surface area contributed by atoms with Crippen molar-refractivity contribution in [2.75, 3.05) is 11.9 Å². The highest BCUT2D eigenvalue weighted by atomic mass is 32.1. The van der Waals surface area contributed by atoms with Crippen LogP contribution in [0.25, 0.3) is 0 Å². The predicted molar refractivity (Wildman–Crippen MR) is 113 cm³/mol. The summed E-state index contributed by atoms with van der Waals surface area (Å²) in [5.74, 6) is 0. The smallest absolute Gasteiger partial charge is 0.320 e. The fraction of sp³-hybridized carbons (Fsp3) is 0.619. The van der Waals surface area contributed by atoms with Gasteiger partial charge in [-0.05, 0) is 69.8 Å². The van der Waals surface area contributed by atoms with Crippen LogP contribution in [0.5, 0.6) is 0 Å². The van der Waals surface area contributed by atoms with Crippen LogP contribution in [0.4, 0.5) is 9.93 Å². The Kier molecular flexibility index (Phi) is 5.11. The van der Waals surface area contributed by atoms with Gasteiger partial charge < -0.3 is 4.90 Å². The van der Waals surface area contributed by atoms with Crippen LogP contribution in [0.2, 0.25) is 0 Å². The molecule has 2 aromatic rings. The minimum atomic E-state index is -0.107. The molecule has 29 heavy (non-hydrogen) atoms. The Labute approximate surface area is 174 Å². The van der Waals surface area contributed by atoms with Gasteiger partial charge in [-0.1, -0.05) is 0 Å². The molecule has 1 atom stereocenters. The highest BCUT2D eigenvalue weighted by molar-refractivity contribution is 7.15. The summed E-state index contributed by atoms with van der Waals surface area (Å²) in [5, 5.41) is 8.35. The maximum atomic E-state index is 12.9. The van der Waals surface area contributed by atoms with E-state index in [0.29, 0.717) is 18.2 Å². The van der Waals surface area contributed by atoms with E-state index in [1.54, 1.807) is 22.1 Å². The summed E-state index contributed by atoms with van der Waals surface area (Å²) in [5.41, 5.74) is 3.26. The first-order chi connectivity index (χ1) is 14.2. The molecule has 7 nitrogen and oxygen atoms in total. The third kappa shape index (κ3) is 3.82. The van der Waals surface area contributed by atoms with Crippen molar-refractivity contribution in [1.29, 1.82) is 0 Å². The van der Waals surface area contributed by atoms with Gasteiger partial charge in [0, 0.05) is 17.5 Å². The van der Waals surface area contributed by atoms with Gasteiger partial charge in [-0.3, -0.25) is 10.1 Å². The van der Waals surface area contributed by atoms with Crippen molar-refractivity contribution < 1.29 is 4.79 Å². The molecular formula is C21H27N5O2S. The van der Waals surface area contributed by atoms with Crippen LogP contribution in [-0.2, 0) is 32.2 Å². The number of amides is 2. The Balaban J connectivity index is 1.29. The molecule has 154 valence electrons. The molecule has 1 aliphatic heterocycles. The van der Waals surface area contributed by atoms with Gasteiger partial charge in [0.15, 0.2) is 5.13 Å². The molecule has 0 aromatic carbocycles. The first-order valence-corrected chi connectivity index (χ1v) is 11.6. The number of nitrogens with zero attached hydrogens (tertiary/aromatic N) is 4. The van der Waals surface area contributed by atoms with Gasteiger partial charge in [-0.15, -0.1) is 11.3 Å². The maximum absolute atomic E-state index is 12.9. The third-order valence-electron chi connectivity index (χ3n) is 6.36. The standard InChI is InChI=1S/C21H27N5O2S/c27-19-12-14-6-1-2-8-16(14)24-26(19)13-15-7-5-11-25(15)21(28)23-20-22-17-9-3-4-10-18(17)29-20/h12,15H,1-11,13H2,(H,22,23,28). The number of nitrogens with one attached hydrogen (secondary N) is 1. The summed E-state index contributed by atoms with van der Waals surface area (Å²) in [7, 11) is 0. The zero-order chi connectivity index (χ0) is 19.8. The van der Waals surface area contributed by atoms with Crippen molar-refractivity contribution in [3.05, 3.63) is 38.2 Å². The number of anilines is 1. The summed E-state index contributed by atoms with van der Waals surface area (Å²) in [6.07, 6.45) is 10.5. The van der Waals surface area contributed by atoms with Crippen LogP contribution >= 0.6 is 11.3 Å². The monoisotopic (exact) mass is 413 g/mol. The Hall–Kier alpha value is -2.22. The van der Waals surface area contributed by atoms with Crippen molar-refractivity contribution >= 4 is 22.5 Å². The first-order valence-electron chi connectivity index (χ1n) is 10.8. The number of carbonyl (C=O) groups excluding carboxylic acids is 1. The lowest BCUT2D eigenvalue weighted by atomic mass is 9.97. The number of urea groups is 1. The van der Waals surface area contributed by atoms with Crippen molar-refractivity contribution in [3.63, 3.8) is 0 Å². The molecule has 1 saturated heterocycles. The second kappa shape index (κ2) is 7.89. The molecular weight excluding hydrogens is 386 g/mol. The molecule has 1 unspecified atom stereocenters.